The van der Waals surface area contributed by atoms with Crippen LogP contribution in [0, 0.1) is 0 Å². The molecule has 6 heteroatoms. The molecule has 1 fully saturated rings. The number of pyridine rings is 1. The van der Waals surface area contributed by atoms with Crippen molar-refractivity contribution in [2.24, 2.45) is 0 Å². The first-order valence-corrected chi connectivity index (χ1v) is 7.52. The zero-order chi connectivity index (χ0) is 13.4. The molecule has 2 rings (SSSR count). The van der Waals surface area contributed by atoms with Gasteiger partial charge < -0.3 is 20.5 Å². The molecule has 0 aliphatic carbocycles. The average molecular weight is 283 g/mol. The molecule has 3 N–H and O–H groups in total. The van der Waals surface area contributed by atoms with Crippen molar-refractivity contribution in [2.75, 3.05) is 45.1 Å². The zero-order valence-electron chi connectivity index (χ0n) is 11.0. The highest BCUT2D eigenvalue weighted by Crippen LogP contribution is 2.12. The lowest BCUT2D eigenvalue weighted by molar-refractivity contribution is -0.0258. The van der Waals surface area contributed by atoms with Crippen LogP contribution < -0.4 is 10.6 Å². The summed E-state index contributed by atoms with van der Waals surface area (Å²) >= 11 is 1.71. The molecule has 0 aromatic carbocycles. The number of aromatic nitrogens is 1. The van der Waals surface area contributed by atoms with Crippen LogP contribution in [0.1, 0.15) is 0 Å². The first-order chi connectivity index (χ1) is 9.29. The number of nitrogens with zero attached hydrogens (tertiary/aromatic N) is 1. The van der Waals surface area contributed by atoms with Gasteiger partial charge in [-0.15, -0.1) is 11.8 Å². The van der Waals surface area contributed by atoms with E-state index in [9.17, 15) is 5.11 Å². The fourth-order valence-electron chi connectivity index (χ4n) is 1.87. The minimum absolute atomic E-state index is 0.389. The monoisotopic (exact) mass is 283 g/mol. The molecule has 0 saturated carbocycles. The van der Waals surface area contributed by atoms with Gasteiger partial charge in [-0.05, 0) is 12.1 Å². The Morgan fingerprint density at radius 1 is 1.53 bits per heavy atom. The highest BCUT2D eigenvalue weighted by atomic mass is 32.2. The molecule has 1 aromatic rings. The smallest absolute Gasteiger partial charge is 0.113 e. The van der Waals surface area contributed by atoms with E-state index >= 15 is 0 Å². The molecule has 0 bridgehead atoms. The number of ether oxygens (including phenoxy) is 1. The summed E-state index contributed by atoms with van der Waals surface area (Å²) in [5.41, 5.74) is -0.799. The summed E-state index contributed by atoms with van der Waals surface area (Å²) in [5.74, 6) is 0.932. The number of thioether (sulfide) groups is 1. The molecular weight excluding hydrogens is 262 g/mol. The molecule has 19 heavy (non-hydrogen) atoms. The van der Waals surface area contributed by atoms with Crippen molar-refractivity contribution in [2.45, 2.75) is 10.6 Å². The van der Waals surface area contributed by atoms with Crippen LogP contribution >= 0.6 is 11.8 Å². The van der Waals surface area contributed by atoms with Crippen molar-refractivity contribution in [3.8, 4) is 0 Å². The van der Waals surface area contributed by atoms with Gasteiger partial charge in [0.1, 0.15) is 5.60 Å². The van der Waals surface area contributed by atoms with Crippen LogP contribution in [0.2, 0.25) is 0 Å². The molecule has 1 aromatic heterocycles. The SMILES string of the molecule is O[C@@]1(CNCCSc2ccccn2)CNCCOC1. The van der Waals surface area contributed by atoms with Crippen molar-refractivity contribution in [1.82, 2.24) is 15.6 Å². The zero-order valence-corrected chi connectivity index (χ0v) is 11.8. The number of nitrogens with one attached hydrogen (secondary N) is 2. The highest BCUT2D eigenvalue weighted by molar-refractivity contribution is 7.99. The Kier molecular flexibility index (Phi) is 6.06. The lowest BCUT2D eigenvalue weighted by Gasteiger charge is -2.26. The Morgan fingerprint density at radius 3 is 3.32 bits per heavy atom. The van der Waals surface area contributed by atoms with E-state index in [-0.39, 0.29) is 0 Å². The van der Waals surface area contributed by atoms with Gasteiger partial charge >= 0.3 is 0 Å². The van der Waals surface area contributed by atoms with Crippen molar-refractivity contribution in [3.05, 3.63) is 24.4 Å². The second kappa shape index (κ2) is 7.81. The first-order valence-electron chi connectivity index (χ1n) is 6.54. The maximum atomic E-state index is 10.3. The van der Waals surface area contributed by atoms with E-state index in [4.69, 9.17) is 4.74 Å². The molecule has 1 saturated heterocycles. The Morgan fingerprint density at radius 2 is 2.47 bits per heavy atom. The maximum Gasteiger partial charge on any atom is 0.113 e. The van der Waals surface area contributed by atoms with Gasteiger partial charge in [-0.1, -0.05) is 6.07 Å². The van der Waals surface area contributed by atoms with E-state index in [0.717, 1.165) is 23.9 Å². The third-order valence-electron chi connectivity index (χ3n) is 2.87. The second-order valence-electron chi connectivity index (χ2n) is 4.65. The predicted octanol–water partition coefficient (Wildman–Crippen LogP) is 0.114. The largest absolute Gasteiger partial charge is 0.385 e. The van der Waals surface area contributed by atoms with Gasteiger partial charge in [0.25, 0.3) is 0 Å². The molecule has 0 radical (unpaired) electrons. The van der Waals surface area contributed by atoms with E-state index in [0.29, 0.717) is 26.3 Å². The van der Waals surface area contributed by atoms with Gasteiger partial charge in [0, 0.05) is 38.1 Å². The Balaban J connectivity index is 1.61. The second-order valence-corrected chi connectivity index (χ2v) is 5.76. The summed E-state index contributed by atoms with van der Waals surface area (Å²) in [6.45, 7) is 3.82. The van der Waals surface area contributed by atoms with Crippen LogP contribution in [0.15, 0.2) is 29.4 Å². The fourth-order valence-corrected chi connectivity index (χ4v) is 2.64. The molecular formula is C13H21N3O2S. The number of β-amino-alcohol motifs (C(OH)–C–C–N with tert-alkyl or cyclic N) is 1. The molecule has 0 unspecified atom stereocenters. The molecule has 1 aliphatic rings. The summed E-state index contributed by atoms with van der Waals surface area (Å²) in [6.07, 6.45) is 1.80. The van der Waals surface area contributed by atoms with Gasteiger partial charge in [0.2, 0.25) is 0 Å². The van der Waals surface area contributed by atoms with E-state index in [1.165, 1.54) is 0 Å². The standard InChI is InChI=1S/C13H21N3O2S/c17-13(9-14-5-7-18-11-13)10-15-6-8-19-12-3-1-2-4-16-12/h1-4,14-15,17H,5-11H2/t13-/m1/s1. The molecule has 1 aliphatic heterocycles. The quantitative estimate of drug-likeness (QED) is 0.509. The summed E-state index contributed by atoms with van der Waals surface area (Å²) in [4.78, 5) is 4.25. The number of aliphatic hydroxyl groups is 1. The van der Waals surface area contributed by atoms with Gasteiger partial charge in [-0.3, -0.25) is 0 Å². The summed E-state index contributed by atoms with van der Waals surface area (Å²) in [7, 11) is 0. The minimum atomic E-state index is -0.799. The van der Waals surface area contributed by atoms with Gasteiger partial charge in [-0.2, -0.15) is 0 Å². The van der Waals surface area contributed by atoms with Crippen molar-refractivity contribution >= 4 is 11.8 Å². The van der Waals surface area contributed by atoms with E-state index in [1.807, 2.05) is 18.2 Å². The normalized spacial score (nSPS) is 24.1. The first kappa shape index (κ1) is 14.7. The van der Waals surface area contributed by atoms with Crippen molar-refractivity contribution in [1.29, 1.82) is 0 Å². The molecule has 5 nitrogen and oxygen atoms in total. The van der Waals surface area contributed by atoms with Gasteiger partial charge in [0.15, 0.2) is 0 Å². The van der Waals surface area contributed by atoms with E-state index in [2.05, 4.69) is 15.6 Å². The minimum Gasteiger partial charge on any atom is -0.385 e. The molecule has 0 amide bonds. The predicted molar refractivity (Wildman–Crippen MR) is 76.5 cm³/mol. The molecule has 2 heterocycles. The maximum absolute atomic E-state index is 10.3. The Bertz CT molecular complexity index is 356. The van der Waals surface area contributed by atoms with Crippen LogP contribution in [0.4, 0.5) is 0 Å². The van der Waals surface area contributed by atoms with Gasteiger partial charge in [0.05, 0.1) is 18.2 Å². The fraction of sp³-hybridized carbons (Fsp3) is 0.615. The topological polar surface area (TPSA) is 66.4 Å². The number of hydrogen-bond acceptors (Lipinski definition) is 6. The lowest BCUT2D eigenvalue weighted by atomic mass is 10.1. The third-order valence-corrected chi connectivity index (χ3v) is 3.81. The number of hydrogen-bond donors (Lipinski definition) is 3. The molecule has 1 atom stereocenters. The summed E-state index contributed by atoms with van der Waals surface area (Å²) in [6, 6.07) is 5.90. The summed E-state index contributed by atoms with van der Waals surface area (Å²) < 4.78 is 5.37. The van der Waals surface area contributed by atoms with E-state index in [1.54, 1.807) is 18.0 Å². The van der Waals surface area contributed by atoms with Crippen molar-refractivity contribution in [3.63, 3.8) is 0 Å². The molecule has 0 spiro atoms. The van der Waals surface area contributed by atoms with Crippen LogP contribution in [0.25, 0.3) is 0 Å². The third kappa shape index (κ3) is 5.46. The molecule has 106 valence electrons. The van der Waals surface area contributed by atoms with Crippen LogP contribution in [-0.2, 0) is 4.74 Å². The average Bonchev–Trinajstić information content (AvgIpc) is 2.65. The summed E-state index contributed by atoms with van der Waals surface area (Å²) in [5, 5.41) is 17.8. The Labute approximate surface area is 118 Å². The highest BCUT2D eigenvalue weighted by Gasteiger charge is 2.28. The van der Waals surface area contributed by atoms with Crippen LogP contribution in [0.5, 0.6) is 0 Å². The Hall–Kier alpha value is -0.660. The lowest BCUT2D eigenvalue weighted by Crippen LogP contribution is -2.50. The van der Waals surface area contributed by atoms with Crippen LogP contribution in [-0.4, -0.2) is 60.8 Å². The van der Waals surface area contributed by atoms with Crippen LogP contribution in [0.3, 0.4) is 0 Å². The number of rotatable bonds is 6. The van der Waals surface area contributed by atoms with Crippen molar-refractivity contribution < 1.29 is 9.84 Å². The van der Waals surface area contributed by atoms with Gasteiger partial charge in [-0.25, -0.2) is 4.98 Å². The van der Waals surface area contributed by atoms with E-state index < -0.39 is 5.60 Å².